The van der Waals surface area contributed by atoms with E-state index in [9.17, 15) is 30.3 Å². The van der Waals surface area contributed by atoms with Gasteiger partial charge in [0.15, 0.2) is 18.7 Å². The highest BCUT2D eigenvalue weighted by Crippen LogP contribution is 2.27. The van der Waals surface area contributed by atoms with Crippen molar-refractivity contribution in [2.45, 2.75) is 55.3 Å². The van der Waals surface area contributed by atoms with Crippen LogP contribution in [0, 0.1) is 0 Å². The fraction of sp³-hybridized carbons (Fsp3) is 0.917. The first-order valence-corrected chi connectivity index (χ1v) is 6.86. The number of aliphatic hydroxyl groups is 5. The highest BCUT2D eigenvalue weighted by molar-refractivity contribution is 5.73. The van der Waals surface area contributed by atoms with Crippen LogP contribution < -0.4 is 0 Å². The molecule has 0 aromatic carbocycles. The van der Waals surface area contributed by atoms with E-state index >= 15 is 0 Å². The third-order valence-electron chi connectivity index (χ3n) is 3.84. The molecule has 0 bridgehead atoms. The molecule has 2 saturated heterocycles. The maximum Gasteiger partial charge on any atom is 0.335 e. The number of carboxylic acids is 1. The molecule has 2 aliphatic rings. The maximum atomic E-state index is 11.0. The number of carboxylic acid groups (broad SMARTS) is 1. The molecule has 0 aliphatic carbocycles. The minimum atomic E-state index is -1.87. The highest BCUT2D eigenvalue weighted by atomic mass is 16.7. The molecule has 0 aromatic heterocycles. The maximum absolute atomic E-state index is 11.0. The molecule has 2 heterocycles. The second-order valence-electron chi connectivity index (χ2n) is 5.32. The van der Waals surface area contributed by atoms with Gasteiger partial charge in [0.2, 0.25) is 0 Å². The van der Waals surface area contributed by atoms with Gasteiger partial charge < -0.3 is 49.6 Å². The SMILES string of the molecule is CO[C@@H]1CO[C@H](O)[C@@H](O[C@H]2O[C@H](C(=O)O)[C@@H](O)[C@@H](O)[C@@H]2O)[C@@H]1O. The Morgan fingerprint density at radius 2 is 1.70 bits per heavy atom. The molecule has 0 amide bonds. The quantitative estimate of drug-likeness (QED) is 0.294. The summed E-state index contributed by atoms with van der Waals surface area (Å²) in [4.78, 5) is 11.0. The standard InChI is InChI=1S/C12H20O11/c1-20-3-2-21-11(19)9(4(3)13)23-12-7(16)5(14)6(15)8(22-12)10(17)18/h3-9,11-16,19H,2H2,1H3,(H,17,18)/t3-,4-,5-,6+,7+,8+,9+,11+,12-/m1/s1. The normalized spacial score (nSPS) is 48.2. The number of aliphatic carboxylic acids is 1. The Bertz CT molecular complexity index is 418. The van der Waals surface area contributed by atoms with Gasteiger partial charge in [-0.05, 0) is 0 Å². The Morgan fingerprint density at radius 3 is 2.26 bits per heavy atom. The summed E-state index contributed by atoms with van der Waals surface area (Å²) in [6.07, 6.45) is -14.3. The summed E-state index contributed by atoms with van der Waals surface area (Å²) in [5.74, 6) is -1.58. The molecular formula is C12H20O11. The molecule has 0 spiro atoms. The van der Waals surface area contributed by atoms with Crippen LogP contribution >= 0.6 is 0 Å². The Labute approximate surface area is 130 Å². The van der Waals surface area contributed by atoms with Crippen LogP contribution in [0.15, 0.2) is 0 Å². The molecule has 0 radical (unpaired) electrons. The van der Waals surface area contributed by atoms with Gasteiger partial charge in [0.1, 0.15) is 36.6 Å². The van der Waals surface area contributed by atoms with E-state index < -0.39 is 61.3 Å². The molecule has 0 saturated carbocycles. The average molecular weight is 340 g/mol. The number of aliphatic hydroxyl groups excluding tert-OH is 5. The Hall–Kier alpha value is -0.890. The minimum Gasteiger partial charge on any atom is -0.479 e. The van der Waals surface area contributed by atoms with Crippen molar-refractivity contribution >= 4 is 5.97 Å². The van der Waals surface area contributed by atoms with Crippen LogP contribution in [0.4, 0.5) is 0 Å². The number of rotatable bonds is 4. The summed E-state index contributed by atoms with van der Waals surface area (Å²) in [5, 5.41) is 57.8. The van der Waals surface area contributed by atoms with E-state index in [1.807, 2.05) is 0 Å². The molecule has 134 valence electrons. The van der Waals surface area contributed by atoms with Gasteiger partial charge in [-0.2, -0.15) is 0 Å². The zero-order chi connectivity index (χ0) is 17.3. The van der Waals surface area contributed by atoms with E-state index in [0.29, 0.717) is 0 Å². The third-order valence-corrected chi connectivity index (χ3v) is 3.84. The molecule has 2 rings (SSSR count). The van der Waals surface area contributed by atoms with Gasteiger partial charge in [0, 0.05) is 7.11 Å². The van der Waals surface area contributed by atoms with Crippen LogP contribution in [0.5, 0.6) is 0 Å². The summed E-state index contributed by atoms with van der Waals surface area (Å²) in [6, 6.07) is 0. The zero-order valence-corrected chi connectivity index (χ0v) is 12.1. The zero-order valence-electron chi connectivity index (χ0n) is 12.1. The summed E-state index contributed by atoms with van der Waals surface area (Å²) in [7, 11) is 1.30. The lowest BCUT2D eigenvalue weighted by molar-refractivity contribution is -0.348. The fourth-order valence-electron chi connectivity index (χ4n) is 2.44. The van der Waals surface area contributed by atoms with Gasteiger partial charge in [-0.15, -0.1) is 0 Å². The highest BCUT2D eigenvalue weighted by Gasteiger charge is 2.50. The van der Waals surface area contributed by atoms with Gasteiger partial charge in [0.25, 0.3) is 0 Å². The molecule has 2 aliphatic heterocycles. The van der Waals surface area contributed by atoms with E-state index in [4.69, 9.17) is 24.1 Å². The van der Waals surface area contributed by atoms with Crippen LogP contribution in [0.3, 0.4) is 0 Å². The molecular weight excluding hydrogens is 320 g/mol. The molecule has 2 fully saturated rings. The number of methoxy groups -OCH3 is 1. The molecule has 23 heavy (non-hydrogen) atoms. The monoisotopic (exact) mass is 340 g/mol. The van der Waals surface area contributed by atoms with Crippen molar-refractivity contribution in [3.63, 3.8) is 0 Å². The number of ether oxygens (including phenoxy) is 4. The van der Waals surface area contributed by atoms with Crippen molar-refractivity contribution in [2.75, 3.05) is 13.7 Å². The van der Waals surface area contributed by atoms with E-state index in [1.165, 1.54) is 7.11 Å². The van der Waals surface area contributed by atoms with Gasteiger partial charge in [-0.3, -0.25) is 0 Å². The van der Waals surface area contributed by atoms with Gasteiger partial charge in [-0.1, -0.05) is 0 Å². The van der Waals surface area contributed by atoms with Crippen LogP contribution in [-0.2, 0) is 23.7 Å². The topological polar surface area (TPSA) is 175 Å². The van der Waals surface area contributed by atoms with Crippen LogP contribution in [0.25, 0.3) is 0 Å². The molecule has 11 heteroatoms. The first kappa shape index (κ1) is 18.4. The summed E-state index contributed by atoms with van der Waals surface area (Å²) in [6.45, 7) is -0.105. The lowest BCUT2D eigenvalue weighted by Gasteiger charge is -2.43. The van der Waals surface area contributed by atoms with E-state index in [-0.39, 0.29) is 6.61 Å². The molecule has 0 unspecified atom stereocenters. The first-order valence-electron chi connectivity index (χ1n) is 6.86. The smallest absolute Gasteiger partial charge is 0.335 e. The second kappa shape index (κ2) is 7.34. The van der Waals surface area contributed by atoms with Crippen molar-refractivity contribution in [1.29, 1.82) is 0 Å². The van der Waals surface area contributed by atoms with Crippen molar-refractivity contribution in [3.8, 4) is 0 Å². The molecule has 0 aromatic rings. The van der Waals surface area contributed by atoms with E-state index in [1.54, 1.807) is 0 Å². The third kappa shape index (κ3) is 3.63. The van der Waals surface area contributed by atoms with E-state index in [0.717, 1.165) is 0 Å². The van der Waals surface area contributed by atoms with Gasteiger partial charge >= 0.3 is 5.97 Å². The lowest BCUT2D eigenvalue weighted by Crippen LogP contribution is -2.63. The average Bonchev–Trinajstić information content (AvgIpc) is 2.51. The van der Waals surface area contributed by atoms with Gasteiger partial charge in [-0.25, -0.2) is 4.79 Å². The van der Waals surface area contributed by atoms with Crippen molar-refractivity contribution in [2.24, 2.45) is 0 Å². The molecule has 9 atom stereocenters. The Kier molecular flexibility index (Phi) is 5.89. The minimum absolute atomic E-state index is 0.105. The number of carbonyl (C=O) groups is 1. The first-order chi connectivity index (χ1) is 10.8. The van der Waals surface area contributed by atoms with Gasteiger partial charge in [0.05, 0.1) is 6.61 Å². The number of hydrogen-bond acceptors (Lipinski definition) is 10. The van der Waals surface area contributed by atoms with E-state index in [2.05, 4.69) is 0 Å². The predicted molar refractivity (Wildman–Crippen MR) is 68.0 cm³/mol. The fourth-order valence-corrected chi connectivity index (χ4v) is 2.44. The van der Waals surface area contributed by atoms with Crippen molar-refractivity contribution in [3.05, 3.63) is 0 Å². The Balaban J connectivity index is 2.11. The van der Waals surface area contributed by atoms with Crippen molar-refractivity contribution < 1.29 is 54.4 Å². The Morgan fingerprint density at radius 1 is 1.04 bits per heavy atom. The summed E-state index contributed by atoms with van der Waals surface area (Å²) < 4.78 is 20.0. The number of hydrogen-bond donors (Lipinski definition) is 6. The second-order valence-corrected chi connectivity index (χ2v) is 5.32. The van der Waals surface area contributed by atoms with Crippen LogP contribution in [0.1, 0.15) is 0 Å². The predicted octanol–water partition coefficient (Wildman–Crippen LogP) is -4.01. The summed E-state index contributed by atoms with van der Waals surface area (Å²) >= 11 is 0. The van der Waals surface area contributed by atoms with Crippen LogP contribution in [0.2, 0.25) is 0 Å². The lowest BCUT2D eigenvalue weighted by atomic mass is 9.98. The summed E-state index contributed by atoms with van der Waals surface area (Å²) in [5.41, 5.74) is 0. The van der Waals surface area contributed by atoms with Crippen LogP contribution in [-0.4, -0.2) is 106 Å². The van der Waals surface area contributed by atoms with Crippen molar-refractivity contribution in [1.82, 2.24) is 0 Å². The molecule has 6 N–H and O–H groups in total. The largest absolute Gasteiger partial charge is 0.479 e. The molecule has 11 nitrogen and oxygen atoms in total.